The lowest BCUT2D eigenvalue weighted by molar-refractivity contribution is -0.145. The highest BCUT2D eigenvalue weighted by molar-refractivity contribution is 14.3. The minimum atomic E-state index is -0.797. The van der Waals surface area contributed by atoms with Crippen LogP contribution in [0.4, 0.5) is 17.1 Å². The van der Waals surface area contributed by atoms with Crippen molar-refractivity contribution in [2.45, 2.75) is 189 Å². The van der Waals surface area contributed by atoms with E-state index in [0.717, 1.165) is 93.7 Å². The van der Waals surface area contributed by atoms with Crippen LogP contribution in [0.25, 0.3) is 0 Å². The molecular weight excluding hydrogens is 2460 g/mol. The van der Waals surface area contributed by atoms with Crippen LogP contribution in [0.5, 0.6) is 5.75 Å². The van der Waals surface area contributed by atoms with E-state index in [2.05, 4.69) is 159 Å². The maximum absolute atomic E-state index is 11.3. The van der Waals surface area contributed by atoms with Gasteiger partial charge in [0.25, 0.3) is 37.5 Å². The Balaban J connectivity index is -0.000000125. The molecule has 6 atom stereocenters. The molecule has 3 aromatic carbocycles. The summed E-state index contributed by atoms with van der Waals surface area (Å²) in [5, 5.41) is 48.8. The van der Waals surface area contributed by atoms with Crippen molar-refractivity contribution in [2.24, 2.45) is 72.1 Å². The second-order valence-electron chi connectivity index (χ2n) is 26.3. The zero-order chi connectivity index (χ0) is 102. The van der Waals surface area contributed by atoms with Crippen LogP contribution in [0, 0.1) is 98.2 Å². The predicted octanol–water partition coefficient (Wildman–Crippen LogP) is 19.4. The van der Waals surface area contributed by atoms with Gasteiger partial charge in [-0.1, -0.05) is 123 Å². The molecule has 0 bridgehead atoms. The summed E-state index contributed by atoms with van der Waals surface area (Å²) in [6, 6.07) is 18.0. The predicted molar refractivity (Wildman–Crippen MR) is 546 cm³/mol. The average molecular weight is 2580 g/mol. The van der Waals surface area contributed by atoms with E-state index in [1.165, 1.54) is 73.7 Å². The zero-order valence-electron chi connectivity index (χ0n) is 78.8. The van der Waals surface area contributed by atoms with Crippen molar-refractivity contribution >= 4 is 259 Å². The number of carbonyl (C=O) groups is 2. The highest BCUT2D eigenvalue weighted by atomic mass is 127. The zero-order valence-corrected chi connectivity index (χ0v) is 88.1. The molecule has 1 aliphatic carbocycles. The number of rotatable bonds is 43. The summed E-state index contributed by atoms with van der Waals surface area (Å²) in [5.41, 5.74) is 5.79. The molecule has 1 aliphatic rings. The lowest BCUT2D eigenvalue weighted by Crippen LogP contribution is -2.39. The van der Waals surface area contributed by atoms with Gasteiger partial charge in [-0.2, -0.15) is 73.6 Å². The third-order valence-electron chi connectivity index (χ3n) is 15.4. The van der Waals surface area contributed by atoms with Gasteiger partial charge in [0.2, 0.25) is 60.8 Å². The normalized spacial score (nSPS) is 12.9. The maximum atomic E-state index is 11.3. The Morgan fingerprint density at radius 2 is 1.05 bits per heavy atom. The number of benzene rings is 3. The molecule has 0 spiro atoms. The summed E-state index contributed by atoms with van der Waals surface area (Å²) in [6.45, 7) is 20.3. The minimum absolute atomic E-state index is 0. The Bertz CT molecular complexity index is 4330. The Kier molecular flexibility index (Phi) is 105. The maximum Gasteiger partial charge on any atom is 0.331 e. The number of nitrogens with zero attached hydrogens (tertiary/aromatic N) is 16. The molecule has 0 N–H and O–H groups in total. The monoisotopic (exact) mass is 2580 g/mol. The summed E-state index contributed by atoms with van der Waals surface area (Å²) in [5.74, 6) is -0.0899. The van der Waals surface area contributed by atoms with Crippen molar-refractivity contribution in [3.05, 3.63) is 83.4 Å². The standard InChI is InChI=1S/C15H10N2O2.C12H18N2O2.C11H18N2O2.C10H14N2O4.C9H12N2O4.C9H6N2O2.C8H12N2O2.C6H8N2O2.2CH3I.BHI.HI2P.2HI.2H2/c16-10-19-15-7-3-13(4-8-15)9-12-1-5-14(6-2-12)17-11-18;1-11(2)4-10(14-9-16)5-12(3,6-11)7-13-8-15;1-10(4-5-13-9-14)6-11(2,3)7-15-8-12;1-2-16-10(14)9(12-8-13)5-3-4-6-15-7-11;1-14-9(13)8(11-7-12)4-2-3-5-15-6-10;1-7-2-3-8(10-5-12)4-9(7)11-6-13;9-7-12-6-4-2-1-3-5-10-8-11;7-5-10-4-2-1-3-8-6-9;3*1-2;1-3-2;;;;/h1-8H,9H2;10H,4-7H2,1-3H3;10H,4-7H2,1-3H3;9H,2-6H2,1H3;8H,2-5H2,1H3;2-4H,1H3;1-6H2;1-4H2;2*1H3;1H;3H;4*1H/i;;;;;;;;1TD;2*1D;3D;;;1+2D;. The molecule has 0 aliphatic heterocycles. The van der Waals surface area contributed by atoms with E-state index in [-0.39, 0.29) is 78.3 Å². The van der Waals surface area contributed by atoms with E-state index in [9.17, 15) is 57.5 Å². The highest BCUT2D eigenvalue weighted by Crippen LogP contribution is 2.47. The van der Waals surface area contributed by atoms with Crippen LogP contribution in [0.3, 0.4) is 0 Å². The van der Waals surface area contributed by atoms with Crippen molar-refractivity contribution < 1.29 is 104 Å². The fourth-order valence-electron chi connectivity index (χ4n) is 10.7. The first-order valence-corrected chi connectivity index (χ1v) is 47.6. The molecule has 1 saturated carbocycles. The summed E-state index contributed by atoms with van der Waals surface area (Å²) in [6.07, 6.45) is 38.1. The van der Waals surface area contributed by atoms with E-state index < -0.39 is 32.7 Å². The molecule has 697 valence electrons. The number of alkyl halides is 2. The molecule has 0 heterocycles. The number of unbranched alkanes of at least 4 members (excludes halogenated alkanes) is 6. The van der Waals surface area contributed by atoms with E-state index in [1.807, 2.05) is 69.2 Å². The molecule has 3 aromatic rings. The number of hydrogen-bond acceptors (Lipinski definition) is 36. The number of isocyanates is 10. The van der Waals surface area contributed by atoms with Gasteiger partial charge in [-0.3, -0.25) is 0 Å². The van der Waals surface area contributed by atoms with Crippen molar-refractivity contribution in [1.29, 1.82) is 34.2 Å². The lowest BCUT2D eigenvalue weighted by Gasteiger charge is -2.44. The Labute approximate surface area is 859 Å². The van der Waals surface area contributed by atoms with Gasteiger partial charge < -0.3 is 37.9 Å². The summed E-state index contributed by atoms with van der Waals surface area (Å²) in [4.78, 5) is 157. The first kappa shape index (κ1) is 125. The van der Waals surface area contributed by atoms with Gasteiger partial charge in [0.1, 0.15) is 38.8 Å². The van der Waals surface area contributed by atoms with Gasteiger partial charge in [-0.15, -0.1) is 53.2 Å². The summed E-state index contributed by atoms with van der Waals surface area (Å²) >= 11 is 9.58. The largest absolute Gasteiger partial charge is 0.467 e. The number of carbonyl (C=O) groups excluding carboxylic acids is 12. The second-order valence-corrected chi connectivity index (χ2v) is 34.9. The smallest absolute Gasteiger partial charge is 0.331 e. The van der Waals surface area contributed by atoms with Crippen molar-refractivity contribution in [1.82, 2.24) is 0 Å². The molecule has 4 rings (SSSR count). The van der Waals surface area contributed by atoms with Crippen LogP contribution in [0.15, 0.2) is 117 Å². The van der Waals surface area contributed by atoms with E-state index in [1.54, 1.807) is 116 Å². The second kappa shape index (κ2) is 107. The molecule has 1 radical (unpaired) electrons. The quantitative estimate of drug-likeness (QED) is 0.00584. The summed E-state index contributed by atoms with van der Waals surface area (Å²) in [7, 11) is 1.23. The number of nitriles is 6. The van der Waals surface area contributed by atoms with Gasteiger partial charge in [-0.25, -0.2) is 82.5 Å². The number of esters is 2. The highest BCUT2D eigenvalue weighted by Gasteiger charge is 2.41. The topological polar surface area (TPSA) is 545 Å². The van der Waals surface area contributed by atoms with E-state index in [4.69, 9.17) is 55.5 Å². The van der Waals surface area contributed by atoms with Crippen molar-refractivity contribution in [3.63, 3.8) is 0 Å². The summed E-state index contributed by atoms with van der Waals surface area (Å²) < 4.78 is 77.3. The Morgan fingerprint density at radius 3 is 1.47 bits per heavy atom. The molecule has 45 heteroatoms. The average Bonchev–Trinajstić information content (AvgIpc) is 0.800. The number of methoxy groups -OCH3 is 1. The molecule has 36 nitrogen and oxygen atoms in total. The van der Waals surface area contributed by atoms with Crippen LogP contribution in [-0.2, 0) is 97.1 Å². The van der Waals surface area contributed by atoms with Crippen LogP contribution in [-0.4, -0.2) is 182 Å². The van der Waals surface area contributed by atoms with Gasteiger partial charge in [-0.05, 0) is 248 Å². The van der Waals surface area contributed by atoms with Crippen molar-refractivity contribution in [2.75, 3.05) is 82.7 Å². The molecule has 6 unspecified atom stereocenters. The molecular formula is C82H112BI7N16O20P. The number of aliphatic imine (C=N–C) groups is 10. The van der Waals surface area contributed by atoms with Crippen molar-refractivity contribution in [3.8, 4) is 43.3 Å². The van der Waals surface area contributed by atoms with Crippen LogP contribution in [0.1, 0.15) is 183 Å². The number of ether oxygens (including phenoxy) is 8. The van der Waals surface area contributed by atoms with Gasteiger partial charge >= 0.3 is 11.9 Å². The lowest BCUT2D eigenvalue weighted by atomic mass is 9.63. The third-order valence-corrected chi connectivity index (χ3v) is 15.4. The first-order chi connectivity index (χ1) is 63.1. The number of hydrogen-bond donors (Lipinski definition) is 0. The molecule has 0 saturated heterocycles. The van der Waals surface area contributed by atoms with E-state index >= 15 is 0 Å². The number of halogens is 7. The van der Waals surface area contributed by atoms with Gasteiger partial charge in [0, 0.05) is 17.7 Å². The SMILES string of the molecule is CC(CCN=C=O)CC(C)(C)COC#N.CC1(C)CC(N=C=O)CC(C)(CN=C=O)C1.CCOC(=O)C(CCCCOC#N)N=C=O.COC(=O)C(CCCCOC#N)N=C=O.Cc1ccc(N=C=O)cc1N=C=O.I.I.N#COCCCCCCN=C=O.N#COCCCCN=C=O.N#COc1ccc(Cc2ccc(N=C=O)cc2)cc1.[2H]C([3H])I.[2H]CI.[2H]P(I)I.[2H][3H].[2H][B]I.[HH]. The fraction of sp³-hybridized carbons (Fsp3) is 0.561. The molecule has 0 aromatic heterocycles. The molecule has 127 heavy (non-hydrogen) atoms. The van der Waals surface area contributed by atoms with Crippen LogP contribution in [0.2, 0.25) is 0 Å². The molecule has 0 amide bonds. The first-order valence-electron chi connectivity index (χ1n) is 41.0. The Hall–Kier alpha value is -8.26. The van der Waals surface area contributed by atoms with E-state index in [0.29, 0.717) is 131 Å². The van der Waals surface area contributed by atoms with Gasteiger partial charge in [0.05, 0.1) is 64.3 Å². The van der Waals surface area contributed by atoms with Crippen LogP contribution >= 0.6 is 163 Å². The number of aryl methyl sites for hydroxylation is 1. The van der Waals surface area contributed by atoms with Gasteiger partial charge in [0.15, 0.2) is 17.7 Å². The fourth-order valence-corrected chi connectivity index (χ4v) is 10.7. The molecule has 1 fully saturated rings. The Morgan fingerprint density at radius 1 is 0.630 bits per heavy atom. The van der Waals surface area contributed by atoms with Crippen LogP contribution < -0.4 is 4.74 Å². The third kappa shape index (κ3) is 95.2. The minimum Gasteiger partial charge on any atom is -0.467 e.